The molecule has 1 N–H and O–H groups in total. The second kappa shape index (κ2) is 10.2. The average molecular weight is 498 g/mol. The minimum atomic E-state index is -0.419. The highest BCUT2D eigenvalue weighted by molar-refractivity contribution is 6.06. The zero-order valence-electron chi connectivity index (χ0n) is 20.7. The summed E-state index contributed by atoms with van der Waals surface area (Å²) >= 11 is 0. The van der Waals surface area contributed by atoms with E-state index in [4.69, 9.17) is 9.47 Å². The van der Waals surface area contributed by atoms with Gasteiger partial charge in [-0.2, -0.15) is 0 Å². The third-order valence-corrected chi connectivity index (χ3v) is 6.60. The van der Waals surface area contributed by atoms with Crippen LogP contribution in [0.15, 0.2) is 77.6 Å². The molecular weight excluding hydrogens is 470 g/mol. The highest BCUT2D eigenvalue weighted by Gasteiger charge is 2.24. The number of anilines is 1. The van der Waals surface area contributed by atoms with E-state index in [9.17, 15) is 14.4 Å². The molecule has 2 heterocycles. The van der Waals surface area contributed by atoms with Crippen molar-refractivity contribution in [3.05, 3.63) is 99.8 Å². The zero-order valence-corrected chi connectivity index (χ0v) is 20.7. The smallest absolute Gasteiger partial charge is 0.255 e. The molecule has 0 fully saturated rings. The lowest BCUT2D eigenvalue weighted by Crippen LogP contribution is -2.37. The van der Waals surface area contributed by atoms with Gasteiger partial charge in [0.1, 0.15) is 18.0 Å². The fourth-order valence-electron chi connectivity index (χ4n) is 4.74. The van der Waals surface area contributed by atoms with Gasteiger partial charge in [0.05, 0.1) is 25.3 Å². The second-order valence-corrected chi connectivity index (χ2v) is 8.89. The predicted octanol–water partition coefficient (Wildman–Crippen LogP) is 3.86. The summed E-state index contributed by atoms with van der Waals surface area (Å²) in [6, 6.07) is 21.6. The van der Waals surface area contributed by atoms with Crippen LogP contribution >= 0.6 is 0 Å². The first-order valence-corrected chi connectivity index (χ1v) is 12.0. The lowest BCUT2D eigenvalue weighted by Gasteiger charge is -2.29. The number of hydrogen-bond acceptors (Lipinski definition) is 5. The van der Waals surface area contributed by atoms with Gasteiger partial charge in [0, 0.05) is 48.4 Å². The molecule has 1 aliphatic rings. The number of para-hydroxylation sites is 1. The number of amides is 2. The van der Waals surface area contributed by atoms with E-state index in [-0.39, 0.29) is 12.5 Å². The van der Waals surface area contributed by atoms with Crippen LogP contribution in [0.1, 0.15) is 21.5 Å². The molecule has 2 amide bonds. The number of carbonyl (C=O) groups is 2. The van der Waals surface area contributed by atoms with E-state index >= 15 is 0 Å². The molecule has 0 aliphatic carbocycles. The molecule has 0 unspecified atom stereocenters. The number of nitrogens with zero attached hydrogens (tertiary/aromatic N) is 2. The van der Waals surface area contributed by atoms with Crippen LogP contribution in [0, 0.1) is 0 Å². The van der Waals surface area contributed by atoms with Gasteiger partial charge in [-0.1, -0.05) is 42.5 Å². The summed E-state index contributed by atoms with van der Waals surface area (Å²) in [7, 11) is 3.05. The molecule has 188 valence electrons. The van der Waals surface area contributed by atoms with Crippen molar-refractivity contribution in [1.82, 2.24) is 9.47 Å². The molecular formula is C29H27N3O5. The molecule has 8 nitrogen and oxygen atoms in total. The van der Waals surface area contributed by atoms with E-state index in [0.29, 0.717) is 46.7 Å². The summed E-state index contributed by atoms with van der Waals surface area (Å²) in [6.07, 6.45) is 0.770. The monoisotopic (exact) mass is 497 g/mol. The molecule has 0 spiro atoms. The van der Waals surface area contributed by atoms with Crippen molar-refractivity contribution in [2.24, 2.45) is 0 Å². The maximum absolute atomic E-state index is 13.5. The third-order valence-electron chi connectivity index (χ3n) is 6.60. The van der Waals surface area contributed by atoms with E-state index in [1.165, 1.54) is 30.4 Å². The SMILES string of the molecule is COc1cc(NC(=O)Cn2c(=O)cc(C(=O)N3CCc4ccccc4C3)c3ccccc32)cc(OC)c1. The number of rotatable bonds is 6. The molecule has 4 aromatic rings. The summed E-state index contributed by atoms with van der Waals surface area (Å²) in [5.41, 5.74) is 3.29. The Kier molecular flexibility index (Phi) is 6.64. The van der Waals surface area contributed by atoms with Crippen molar-refractivity contribution >= 4 is 28.4 Å². The fourth-order valence-corrected chi connectivity index (χ4v) is 4.74. The molecule has 1 aromatic heterocycles. The summed E-state index contributed by atoms with van der Waals surface area (Å²) < 4.78 is 11.9. The Morgan fingerprint density at radius 1 is 0.892 bits per heavy atom. The van der Waals surface area contributed by atoms with Gasteiger partial charge in [-0.25, -0.2) is 0 Å². The molecule has 8 heteroatoms. The maximum Gasteiger partial charge on any atom is 0.255 e. The Labute approximate surface area is 214 Å². The normalized spacial score (nSPS) is 12.6. The van der Waals surface area contributed by atoms with Gasteiger partial charge >= 0.3 is 0 Å². The molecule has 0 saturated heterocycles. The van der Waals surface area contributed by atoms with Crippen molar-refractivity contribution < 1.29 is 19.1 Å². The lowest BCUT2D eigenvalue weighted by molar-refractivity contribution is -0.116. The number of aromatic nitrogens is 1. The molecule has 0 radical (unpaired) electrons. The highest BCUT2D eigenvalue weighted by atomic mass is 16.5. The zero-order chi connectivity index (χ0) is 25.9. The summed E-state index contributed by atoms with van der Waals surface area (Å²) in [5, 5.41) is 3.42. The van der Waals surface area contributed by atoms with Gasteiger partial charge in [0.2, 0.25) is 5.91 Å². The van der Waals surface area contributed by atoms with Crippen LogP contribution in [0.25, 0.3) is 10.9 Å². The number of nitrogens with one attached hydrogen (secondary N) is 1. The van der Waals surface area contributed by atoms with E-state index < -0.39 is 11.5 Å². The standard InChI is InChI=1S/C29H27N3O5/c1-36-22-13-21(14-23(15-22)37-2)30-27(33)18-32-26-10-6-5-9-24(26)25(16-28(32)34)29(35)31-12-11-19-7-3-4-8-20(19)17-31/h3-10,13-16H,11-12,17-18H2,1-2H3,(H,30,33). The average Bonchev–Trinajstić information content (AvgIpc) is 2.93. The van der Waals surface area contributed by atoms with Crippen LogP contribution in [0.4, 0.5) is 5.69 Å². The molecule has 0 saturated carbocycles. The Hall–Kier alpha value is -4.59. The van der Waals surface area contributed by atoms with E-state index in [2.05, 4.69) is 11.4 Å². The van der Waals surface area contributed by atoms with Gasteiger partial charge in [-0.15, -0.1) is 0 Å². The van der Waals surface area contributed by atoms with Gasteiger partial charge < -0.3 is 19.7 Å². The summed E-state index contributed by atoms with van der Waals surface area (Å²) in [4.78, 5) is 41.5. The molecule has 1 aliphatic heterocycles. The quantitative estimate of drug-likeness (QED) is 0.437. The first-order chi connectivity index (χ1) is 18.0. The van der Waals surface area contributed by atoms with Crippen LogP contribution < -0.4 is 20.3 Å². The van der Waals surface area contributed by atoms with Gasteiger partial charge in [0.15, 0.2) is 0 Å². The number of methoxy groups -OCH3 is 2. The number of ether oxygens (including phenoxy) is 2. The first kappa shape index (κ1) is 24.1. The molecule has 3 aromatic carbocycles. The maximum atomic E-state index is 13.5. The molecule has 5 rings (SSSR count). The van der Waals surface area contributed by atoms with E-state index in [0.717, 1.165) is 12.0 Å². The predicted molar refractivity (Wildman–Crippen MR) is 141 cm³/mol. The van der Waals surface area contributed by atoms with Crippen molar-refractivity contribution in [1.29, 1.82) is 0 Å². The molecule has 0 atom stereocenters. The van der Waals surface area contributed by atoms with E-state index in [1.54, 1.807) is 41.3 Å². The van der Waals surface area contributed by atoms with Gasteiger partial charge in [-0.05, 0) is 23.6 Å². The summed E-state index contributed by atoms with van der Waals surface area (Å²) in [5.74, 6) is 0.470. The number of benzene rings is 3. The topological polar surface area (TPSA) is 89.9 Å². The van der Waals surface area contributed by atoms with Crippen LogP contribution in [0.3, 0.4) is 0 Å². The highest BCUT2D eigenvalue weighted by Crippen LogP contribution is 2.26. The minimum absolute atomic E-state index is 0.192. The summed E-state index contributed by atoms with van der Waals surface area (Å²) in [6.45, 7) is 0.864. The Morgan fingerprint density at radius 2 is 1.57 bits per heavy atom. The molecule has 37 heavy (non-hydrogen) atoms. The van der Waals surface area contributed by atoms with Crippen molar-refractivity contribution in [3.8, 4) is 11.5 Å². The Morgan fingerprint density at radius 3 is 2.30 bits per heavy atom. The number of fused-ring (bicyclic) bond motifs is 2. The van der Waals surface area contributed by atoms with Gasteiger partial charge in [0.25, 0.3) is 11.5 Å². The molecule has 0 bridgehead atoms. The van der Waals surface area contributed by atoms with Crippen LogP contribution in [-0.4, -0.2) is 42.0 Å². The number of carbonyl (C=O) groups excluding carboxylic acids is 2. The van der Waals surface area contributed by atoms with Gasteiger partial charge in [-0.3, -0.25) is 19.0 Å². The lowest BCUT2D eigenvalue weighted by atomic mass is 9.98. The van der Waals surface area contributed by atoms with Crippen molar-refractivity contribution in [2.45, 2.75) is 19.5 Å². The number of pyridine rings is 1. The first-order valence-electron chi connectivity index (χ1n) is 12.0. The third kappa shape index (κ3) is 4.91. The van der Waals surface area contributed by atoms with E-state index in [1.807, 2.05) is 24.3 Å². The van der Waals surface area contributed by atoms with Crippen molar-refractivity contribution in [2.75, 3.05) is 26.1 Å². The van der Waals surface area contributed by atoms with Crippen LogP contribution in [0.2, 0.25) is 0 Å². The van der Waals surface area contributed by atoms with Crippen LogP contribution in [-0.2, 0) is 24.3 Å². The minimum Gasteiger partial charge on any atom is -0.497 e. The fraction of sp³-hybridized carbons (Fsp3) is 0.207. The van der Waals surface area contributed by atoms with Crippen LogP contribution in [0.5, 0.6) is 11.5 Å². The van der Waals surface area contributed by atoms with Crippen molar-refractivity contribution in [3.63, 3.8) is 0 Å². The number of hydrogen-bond donors (Lipinski definition) is 1. The Balaban J connectivity index is 1.43. The Bertz CT molecular complexity index is 1540. The second-order valence-electron chi connectivity index (χ2n) is 8.89. The largest absolute Gasteiger partial charge is 0.497 e.